The van der Waals surface area contributed by atoms with E-state index in [2.05, 4.69) is 0 Å². The Hall–Kier alpha value is -2.69. The summed E-state index contributed by atoms with van der Waals surface area (Å²) in [5, 5.41) is 11.6. The normalized spacial score (nSPS) is 22.9. The summed E-state index contributed by atoms with van der Waals surface area (Å²) in [6.45, 7) is 0. The molecule has 0 amide bonds. The molecule has 0 saturated heterocycles. The molecular formula is C17H15NO4. The molecule has 1 fully saturated rings. The average Bonchev–Trinajstić information content (AvgIpc) is 3.32. The number of ketones is 1. The summed E-state index contributed by atoms with van der Waals surface area (Å²) in [6.07, 6.45) is 0.245. The summed E-state index contributed by atoms with van der Waals surface area (Å²) in [4.78, 5) is 23.8. The fraction of sp³-hybridized carbons (Fsp3) is 0.235. The number of carbonyl (C=O) groups is 1. The molecule has 22 heavy (non-hydrogen) atoms. The predicted molar refractivity (Wildman–Crippen MR) is 80.8 cm³/mol. The maximum atomic E-state index is 12.7. The molecule has 0 aromatic heterocycles. The van der Waals surface area contributed by atoms with Crippen LogP contribution in [0.25, 0.3) is 0 Å². The van der Waals surface area contributed by atoms with Gasteiger partial charge in [-0.25, -0.2) is 0 Å². The number of nitrogens with zero attached hydrogens (tertiary/aromatic N) is 1. The van der Waals surface area contributed by atoms with Crippen LogP contribution in [0.15, 0.2) is 54.6 Å². The van der Waals surface area contributed by atoms with E-state index in [-0.39, 0.29) is 12.3 Å². The molecule has 5 nitrogen and oxygen atoms in total. The summed E-state index contributed by atoms with van der Waals surface area (Å²) in [5.41, 5.74) is -0.354. The van der Waals surface area contributed by atoms with Crippen LogP contribution in [0, 0.1) is 10.1 Å². The van der Waals surface area contributed by atoms with Gasteiger partial charge in [0.1, 0.15) is 5.75 Å². The number of methoxy groups -OCH3 is 1. The van der Waals surface area contributed by atoms with Gasteiger partial charge < -0.3 is 4.74 Å². The van der Waals surface area contributed by atoms with Gasteiger partial charge >= 0.3 is 0 Å². The molecule has 112 valence electrons. The van der Waals surface area contributed by atoms with Gasteiger partial charge in [-0.3, -0.25) is 14.9 Å². The minimum Gasteiger partial charge on any atom is -0.497 e. The molecule has 2 atom stereocenters. The predicted octanol–water partition coefficient (Wildman–Crippen LogP) is 3.08. The van der Waals surface area contributed by atoms with Crippen molar-refractivity contribution < 1.29 is 14.5 Å². The van der Waals surface area contributed by atoms with Gasteiger partial charge in [-0.15, -0.1) is 0 Å². The van der Waals surface area contributed by atoms with E-state index in [9.17, 15) is 14.9 Å². The molecule has 0 unspecified atom stereocenters. The van der Waals surface area contributed by atoms with Crippen molar-refractivity contribution in [1.29, 1.82) is 0 Å². The Morgan fingerprint density at radius 2 is 1.82 bits per heavy atom. The largest absolute Gasteiger partial charge is 0.497 e. The molecule has 1 aliphatic carbocycles. The summed E-state index contributed by atoms with van der Waals surface area (Å²) in [7, 11) is 1.53. The number of benzene rings is 2. The first-order valence-electron chi connectivity index (χ1n) is 6.98. The maximum Gasteiger partial charge on any atom is 0.291 e. The molecule has 2 aromatic carbocycles. The SMILES string of the molecule is COc1ccc(C(=O)[C@]2([N+](=O)[O-])C[C@H]2c2ccccc2)cc1. The number of nitro groups is 1. The van der Waals surface area contributed by atoms with Crippen LogP contribution in [-0.2, 0) is 0 Å². The third-order valence-electron chi connectivity index (χ3n) is 4.20. The zero-order valence-corrected chi connectivity index (χ0v) is 12.1. The van der Waals surface area contributed by atoms with E-state index in [1.807, 2.05) is 30.3 Å². The Labute approximate surface area is 127 Å². The second-order valence-corrected chi connectivity index (χ2v) is 5.41. The van der Waals surface area contributed by atoms with Crippen molar-refractivity contribution in [3.8, 4) is 5.75 Å². The van der Waals surface area contributed by atoms with E-state index >= 15 is 0 Å². The van der Waals surface area contributed by atoms with Crippen molar-refractivity contribution in [2.75, 3.05) is 7.11 Å². The summed E-state index contributed by atoms with van der Waals surface area (Å²) in [6, 6.07) is 15.6. The third kappa shape index (κ3) is 2.15. The molecule has 0 heterocycles. The molecule has 0 radical (unpaired) electrons. The van der Waals surface area contributed by atoms with E-state index in [0.29, 0.717) is 11.3 Å². The highest BCUT2D eigenvalue weighted by Gasteiger charge is 2.72. The molecule has 1 aliphatic rings. The minimum absolute atomic E-state index is 0.245. The van der Waals surface area contributed by atoms with E-state index in [0.717, 1.165) is 5.56 Å². The molecular weight excluding hydrogens is 282 g/mol. The van der Waals surface area contributed by atoms with Crippen LogP contribution in [0.4, 0.5) is 0 Å². The van der Waals surface area contributed by atoms with Crippen LogP contribution in [-0.4, -0.2) is 23.4 Å². The highest BCUT2D eigenvalue weighted by atomic mass is 16.6. The number of hydrogen-bond donors (Lipinski definition) is 0. The number of ether oxygens (including phenoxy) is 1. The fourth-order valence-electron chi connectivity index (χ4n) is 2.86. The summed E-state index contributed by atoms with van der Waals surface area (Å²) < 4.78 is 5.04. The topological polar surface area (TPSA) is 69.4 Å². The van der Waals surface area contributed by atoms with Crippen molar-refractivity contribution in [2.24, 2.45) is 0 Å². The fourth-order valence-corrected chi connectivity index (χ4v) is 2.86. The van der Waals surface area contributed by atoms with Crippen molar-refractivity contribution in [3.63, 3.8) is 0 Å². The molecule has 5 heteroatoms. The Bertz CT molecular complexity index is 711. The van der Waals surface area contributed by atoms with Gasteiger partial charge in [0, 0.05) is 16.9 Å². The standard InChI is InChI=1S/C17H15NO4/c1-22-14-9-7-13(8-10-14)16(19)17(18(20)21)11-15(17)12-5-3-2-4-6-12/h2-10,15H,11H2,1H3/t15-,17-/m0/s1. The zero-order valence-electron chi connectivity index (χ0n) is 12.1. The van der Waals surface area contributed by atoms with Crippen LogP contribution >= 0.6 is 0 Å². The molecule has 0 spiro atoms. The lowest BCUT2D eigenvalue weighted by Crippen LogP contribution is -2.34. The first-order chi connectivity index (χ1) is 10.6. The van der Waals surface area contributed by atoms with Crippen LogP contribution in [0.2, 0.25) is 0 Å². The lowest BCUT2D eigenvalue weighted by atomic mass is 9.97. The van der Waals surface area contributed by atoms with Crippen molar-refractivity contribution in [2.45, 2.75) is 17.9 Å². The van der Waals surface area contributed by atoms with Gasteiger partial charge in [0.2, 0.25) is 5.78 Å². The van der Waals surface area contributed by atoms with Crippen LogP contribution in [0.3, 0.4) is 0 Å². The second-order valence-electron chi connectivity index (χ2n) is 5.41. The summed E-state index contributed by atoms with van der Waals surface area (Å²) >= 11 is 0. The Balaban J connectivity index is 1.92. The Kier molecular flexibility index (Phi) is 3.41. The number of rotatable bonds is 5. The van der Waals surface area contributed by atoms with Gasteiger partial charge in [0.15, 0.2) is 0 Å². The summed E-state index contributed by atoms with van der Waals surface area (Å²) in [5.74, 6) is -0.186. The number of carbonyl (C=O) groups excluding carboxylic acids is 1. The number of Topliss-reactive ketones (excluding diaryl/α,β-unsaturated/α-hetero) is 1. The number of hydrogen-bond acceptors (Lipinski definition) is 4. The van der Waals surface area contributed by atoms with E-state index in [4.69, 9.17) is 4.74 Å². The molecule has 0 bridgehead atoms. The molecule has 0 aliphatic heterocycles. The van der Waals surface area contributed by atoms with Crippen LogP contribution < -0.4 is 4.74 Å². The van der Waals surface area contributed by atoms with Gasteiger partial charge in [0.25, 0.3) is 5.54 Å². The lowest BCUT2D eigenvalue weighted by molar-refractivity contribution is -0.521. The minimum atomic E-state index is -1.53. The highest BCUT2D eigenvalue weighted by Crippen LogP contribution is 2.55. The lowest BCUT2D eigenvalue weighted by Gasteiger charge is -2.09. The van der Waals surface area contributed by atoms with Gasteiger partial charge in [-0.2, -0.15) is 0 Å². The highest BCUT2D eigenvalue weighted by molar-refractivity contribution is 6.05. The van der Waals surface area contributed by atoms with E-state index in [1.165, 1.54) is 7.11 Å². The van der Waals surface area contributed by atoms with Gasteiger partial charge in [0.05, 0.1) is 13.0 Å². The van der Waals surface area contributed by atoms with E-state index in [1.54, 1.807) is 24.3 Å². The first kappa shape index (κ1) is 14.3. The second kappa shape index (κ2) is 5.26. The van der Waals surface area contributed by atoms with Gasteiger partial charge in [-0.1, -0.05) is 30.3 Å². The first-order valence-corrected chi connectivity index (χ1v) is 6.98. The van der Waals surface area contributed by atoms with Crippen LogP contribution in [0.1, 0.15) is 28.3 Å². The average molecular weight is 297 g/mol. The Morgan fingerprint density at radius 3 is 2.36 bits per heavy atom. The van der Waals surface area contributed by atoms with E-state index < -0.39 is 16.2 Å². The monoisotopic (exact) mass is 297 g/mol. The van der Waals surface area contributed by atoms with Crippen molar-refractivity contribution >= 4 is 5.78 Å². The smallest absolute Gasteiger partial charge is 0.291 e. The quantitative estimate of drug-likeness (QED) is 0.483. The molecule has 3 rings (SSSR count). The zero-order chi connectivity index (χ0) is 15.7. The van der Waals surface area contributed by atoms with Gasteiger partial charge in [-0.05, 0) is 29.8 Å². The van der Waals surface area contributed by atoms with Crippen LogP contribution in [0.5, 0.6) is 5.75 Å². The van der Waals surface area contributed by atoms with Crippen molar-refractivity contribution in [3.05, 3.63) is 75.8 Å². The molecule has 1 saturated carbocycles. The molecule has 2 aromatic rings. The van der Waals surface area contributed by atoms with Crippen molar-refractivity contribution in [1.82, 2.24) is 0 Å². The third-order valence-corrected chi connectivity index (χ3v) is 4.20. The molecule has 0 N–H and O–H groups in total. The maximum absolute atomic E-state index is 12.7. The Morgan fingerprint density at radius 1 is 1.18 bits per heavy atom.